The van der Waals surface area contributed by atoms with Gasteiger partial charge in [-0.3, -0.25) is 4.79 Å². The minimum absolute atomic E-state index is 0.0533. The van der Waals surface area contributed by atoms with E-state index in [1.807, 2.05) is 0 Å². The van der Waals surface area contributed by atoms with E-state index in [1.54, 1.807) is 0 Å². The van der Waals surface area contributed by atoms with Gasteiger partial charge in [-0.05, 0) is 31.1 Å². The fourth-order valence-corrected chi connectivity index (χ4v) is 1.85. The third-order valence-electron chi connectivity index (χ3n) is 2.77. The highest BCUT2D eigenvalue weighted by atomic mass is 16.4. The van der Waals surface area contributed by atoms with Gasteiger partial charge < -0.3 is 5.11 Å². The van der Waals surface area contributed by atoms with Gasteiger partial charge in [-0.25, -0.2) is 0 Å². The summed E-state index contributed by atoms with van der Waals surface area (Å²) in [6.07, 6.45) is 2.89. The fraction of sp³-hybridized carbons (Fsp3) is 0.889. The van der Waals surface area contributed by atoms with Crippen molar-refractivity contribution in [1.29, 1.82) is 0 Å². The zero-order valence-corrected chi connectivity index (χ0v) is 7.21. The van der Waals surface area contributed by atoms with Gasteiger partial charge >= 0.3 is 5.97 Å². The quantitative estimate of drug-likeness (QED) is 0.665. The molecule has 2 heteroatoms. The molecule has 2 nitrogen and oxygen atoms in total. The smallest absolute Gasteiger partial charge is 0.306 e. The van der Waals surface area contributed by atoms with Gasteiger partial charge in [0, 0.05) is 0 Å². The first kappa shape index (κ1) is 8.57. The van der Waals surface area contributed by atoms with Crippen LogP contribution in [0.25, 0.3) is 0 Å². The molecule has 0 aromatic heterocycles. The van der Waals surface area contributed by atoms with E-state index in [0.29, 0.717) is 11.8 Å². The molecular weight excluding hydrogens is 140 g/mol. The van der Waals surface area contributed by atoms with Crippen molar-refractivity contribution in [3.05, 3.63) is 0 Å². The molecule has 1 aliphatic rings. The first-order valence-corrected chi connectivity index (χ1v) is 4.34. The van der Waals surface area contributed by atoms with Gasteiger partial charge in [-0.1, -0.05) is 13.8 Å². The molecule has 0 bridgehead atoms. The molecule has 0 aromatic rings. The van der Waals surface area contributed by atoms with Crippen molar-refractivity contribution >= 4 is 5.97 Å². The second-order valence-electron chi connectivity index (χ2n) is 3.85. The summed E-state index contributed by atoms with van der Waals surface area (Å²) in [6, 6.07) is 0. The molecule has 1 rings (SSSR count). The number of hydrogen-bond acceptors (Lipinski definition) is 1. The van der Waals surface area contributed by atoms with Crippen molar-refractivity contribution in [3.63, 3.8) is 0 Å². The number of rotatable bonds is 2. The molecule has 0 amide bonds. The molecule has 11 heavy (non-hydrogen) atoms. The van der Waals surface area contributed by atoms with Crippen LogP contribution in [0, 0.1) is 17.8 Å². The Balaban J connectivity index is 2.41. The Bertz CT molecular complexity index is 152. The van der Waals surface area contributed by atoms with Gasteiger partial charge in [-0.2, -0.15) is 0 Å². The largest absolute Gasteiger partial charge is 0.481 e. The average molecular weight is 156 g/mol. The Hall–Kier alpha value is -0.530. The molecule has 1 N–H and O–H groups in total. The lowest BCUT2D eigenvalue weighted by atomic mass is 9.93. The van der Waals surface area contributed by atoms with Crippen LogP contribution >= 0.6 is 0 Å². The maximum absolute atomic E-state index is 10.6. The van der Waals surface area contributed by atoms with Gasteiger partial charge in [0.1, 0.15) is 0 Å². The van der Waals surface area contributed by atoms with Gasteiger partial charge in [0.25, 0.3) is 0 Å². The standard InChI is InChI=1S/C9H16O2/c1-6(2)7-3-4-8(5-7)9(10)11/h6-8H,3-5H2,1-2H3,(H,10,11)/t7-,8-/m1/s1. The molecule has 2 atom stereocenters. The van der Waals surface area contributed by atoms with Gasteiger partial charge in [0.2, 0.25) is 0 Å². The lowest BCUT2D eigenvalue weighted by Gasteiger charge is -2.12. The summed E-state index contributed by atoms with van der Waals surface area (Å²) in [5.41, 5.74) is 0. The zero-order valence-electron chi connectivity index (χ0n) is 7.21. The van der Waals surface area contributed by atoms with Crippen LogP contribution in [-0.2, 0) is 4.79 Å². The van der Waals surface area contributed by atoms with Crippen molar-refractivity contribution < 1.29 is 9.90 Å². The third kappa shape index (κ3) is 1.95. The normalized spacial score (nSPS) is 31.2. The van der Waals surface area contributed by atoms with Gasteiger partial charge in [-0.15, -0.1) is 0 Å². The lowest BCUT2D eigenvalue weighted by molar-refractivity contribution is -0.141. The molecular formula is C9H16O2. The molecule has 0 heterocycles. The van der Waals surface area contributed by atoms with Crippen LogP contribution in [0.15, 0.2) is 0 Å². The summed E-state index contributed by atoms with van der Waals surface area (Å²) in [4.78, 5) is 10.6. The molecule has 0 aromatic carbocycles. The number of hydrogen-bond donors (Lipinski definition) is 1. The van der Waals surface area contributed by atoms with Crippen LogP contribution < -0.4 is 0 Å². The van der Waals surface area contributed by atoms with Crippen LogP contribution in [-0.4, -0.2) is 11.1 Å². The van der Waals surface area contributed by atoms with E-state index in [4.69, 9.17) is 5.11 Å². The van der Waals surface area contributed by atoms with Crippen molar-refractivity contribution in [2.24, 2.45) is 17.8 Å². The number of carboxylic acids is 1. The Kier molecular flexibility index (Phi) is 2.53. The van der Waals surface area contributed by atoms with E-state index < -0.39 is 5.97 Å². The second-order valence-corrected chi connectivity index (χ2v) is 3.85. The van der Waals surface area contributed by atoms with E-state index in [9.17, 15) is 4.79 Å². The molecule has 0 saturated heterocycles. The Morgan fingerprint density at radius 2 is 2.09 bits per heavy atom. The summed E-state index contributed by atoms with van der Waals surface area (Å²) >= 11 is 0. The number of carbonyl (C=O) groups is 1. The topological polar surface area (TPSA) is 37.3 Å². The van der Waals surface area contributed by atoms with Crippen LogP contribution in [0.4, 0.5) is 0 Å². The van der Waals surface area contributed by atoms with Crippen LogP contribution in [0.1, 0.15) is 33.1 Å². The van der Waals surface area contributed by atoms with Crippen molar-refractivity contribution in [2.45, 2.75) is 33.1 Å². The van der Waals surface area contributed by atoms with E-state index >= 15 is 0 Å². The molecule has 0 radical (unpaired) electrons. The minimum atomic E-state index is -0.604. The van der Waals surface area contributed by atoms with Crippen molar-refractivity contribution in [1.82, 2.24) is 0 Å². The zero-order chi connectivity index (χ0) is 8.43. The van der Waals surface area contributed by atoms with E-state index in [0.717, 1.165) is 19.3 Å². The average Bonchev–Trinajstić information content (AvgIpc) is 2.33. The van der Waals surface area contributed by atoms with Gasteiger partial charge in [0.05, 0.1) is 5.92 Å². The molecule has 1 saturated carbocycles. The summed E-state index contributed by atoms with van der Waals surface area (Å²) in [5, 5.41) is 8.71. The van der Waals surface area contributed by atoms with E-state index in [2.05, 4.69) is 13.8 Å². The fourth-order valence-electron chi connectivity index (χ4n) is 1.85. The van der Waals surface area contributed by atoms with Crippen LogP contribution in [0.5, 0.6) is 0 Å². The molecule has 0 aliphatic heterocycles. The Morgan fingerprint density at radius 3 is 2.36 bits per heavy atom. The van der Waals surface area contributed by atoms with Crippen molar-refractivity contribution in [2.75, 3.05) is 0 Å². The predicted octanol–water partition coefficient (Wildman–Crippen LogP) is 2.14. The maximum Gasteiger partial charge on any atom is 0.306 e. The number of aliphatic carboxylic acids is 1. The Labute approximate surface area is 67.6 Å². The summed E-state index contributed by atoms with van der Waals surface area (Å²) in [6.45, 7) is 4.35. The first-order valence-electron chi connectivity index (χ1n) is 4.34. The minimum Gasteiger partial charge on any atom is -0.481 e. The summed E-state index contributed by atoms with van der Waals surface area (Å²) < 4.78 is 0. The van der Waals surface area contributed by atoms with Crippen LogP contribution in [0.2, 0.25) is 0 Å². The molecule has 0 unspecified atom stereocenters. The monoisotopic (exact) mass is 156 g/mol. The first-order chi connectivity index (χ1) is 5.11. The SMILES string of the molecule is CC(C)[C@@H]1CC[C@@H](C(=O)O)C1. The Morgan fingerprint density at radius 1 is 1.45 bits per heavy atom. The molecule has 1 aliphatic carbocycles. The third-order valence-corrected chi connectivity index (χ3v) is 2.77. The second kappa shape index (κ2) is 3.24. The highest BCUT2D eigenvalue weighted by molar-refractivity contribution is 5.70. The van der Waals surface area contributed by atoms with E-state index in [1.165, 1.54) is 0 Å². The maximum atomic E-state index is 10.6. The molecule has 0 spiro atoms. The highest BCUT2D eigenvalue weighted by Crippen LogP contribution is 2.35. The lowest BCUT2D eigenvalue weighted by Crippen LogP contribution is -2.11. The molecule has 64 valence electrons. The highest BCUT2D eigenvalue weighted by Gasteiger charge is 2.30. The van der Waals surface area contributed by atoms with E-state index in [-0.39, 0.29) is 5.92 Å². The van der Waals surface area contributed by atoms with Crippen LogP contribution in [0.3, 0.4) is 0 Å². The summed E-state index contributed by atoms with van der Waals surface area (Å²) in [5.74, 6) is 0.644. The van der Waals surface area contributed by atoms with Gasteiger partial charge in [0.15, 0.2) is 0 Å². The predicted molar refractivity (Wildman–Crippen MR) is 43.3 cm³/mol. The number of carboxylic acid groups (broad SMARTS) is 1. The molecule has 1 fully saturated rings. The van der Waals surface area contributed by atoms with Crippen molar-refractivity contribution in [3.8, 4) is 0 Å². The summed E-state index contributed by atoms with van der Waals surface area (Å²) in [7, 11) is 0.